The normalized spacial score (nSPS) is 36.0. The van der Waals surface area contributed by atoms with E-state index in [1.54, 1.807) is 0 Å². The molecule has 2 saturated heterocycles. The van der Waals surface area contributed by atoms with Gasteiger partial charge in [-0.2, -0.15) is 0 Å². The Hall–Kier alpha value is -1.59. The van der Waals surface area contributed by atoms with Crippen molar-refractivity contribution in [2.24, 2.45) is 17.8 Å². The molecule has 2 atom stereocenters. The van der Waals surface area contributed by atoms with Gasteiger partial charge in [0.1, 0.15) is 12.1 Å². The van der Waals surface area contributed by atoms with Gasteiger partial charge in [-0.25, -0.2) is 4.79 Å². The van der Waals surface area contributed by atoms with Crippen LogP contribution < -0.4 is 5.32 Å². The molecule has 1 aliphatic carbocycles. The zero-order valence-corrected chi connectivity index (χ0v) is 15.7. The summed E-state index contributed by atoms with van der Waals surface area (Å²) < 4.78 is 0. The Morgan fingerprint density at radius 1 is 1.16 bits per heavy atom. The highest BCUT2D eigenvalue weighted by molar-refractivity contribution is 6.09. The molecule has 3 rings (SSSR count). The van der Waals surface area contributed by atoms with Gasteiger partial charge in [0.2, 0.25) is 5.91 Å². The highest BCUT2D eigenvalue weighted by Crippen LogP contribution is 2.37. The van der Waals surface area contributed by atoms with Crippen LogP contribution in [0.4, 0.5) is 4.79 Å². The molecule has 2 unspecified atom stereocenters. The number of urea groups is 1. The molecule has 1 spiro atoms. The lowest BCUT2D eigenvalue weighted by Crippen LogP contribution is -2.51. The molecule has 0 radical (unpaired) electrons. The van der Waals surface area contributed by atoms with Crippen molar-refractivity contribution in [2.45, 2.75) is 64.8 Å². The fourth-order valence-corrected chi connectivity index (χ4v) is 4.84. The summed E-state index contributed by atoms with van der Waals surface area (Å²) in [5.74, 6) is 1.26. The van der Waals surface area contributed by atoms with Gasteiger partial charge in [0, 0.05) is 13.1 Å². The highest BCUT2D eigenvalue weighted by Gasteiger charge is 2.52. The van der Waals surface area contributed by atoms with Crippen LogP contribution in [0.25, 0.3) is 0 Å². The summed E-state index contributed by atoms with van der Waals surface area (Å²) in [6.07, 6.45) is 5.55. The lowest BCUT2D eigenvalue weighted by Gasteiger charge is -2.36. The van der Waals surface area contributed by atoms with E-state index in [1.807, 2.05) is 4.90 Å². The van der Waals surface area contributed by atoms with E-state index in [1.165, 1.54) is 0 Å². The Kier molecular flexibility index (Phi) is 5.07. The number of carbonyl (C=O) groups excluding carboxylic acids is 3. The zero-order chi connectivity index (χ0) is 18.2. The molecule has 0 aromatic heterocycles. The van der Waals surface area contributed by atoms with E-state index in [0.29, 0.717) is 30.6 Å². The van der Waals surface area contributed by atoms with Crippen molar-refractivity contribution in [3.05, 3.63) is 0 Å². The molecular weight excluding hydrogens is 318 g/mol. The van der Waals surface area contributed by atoms with Gasteiger partial charge in [0.05, 0.1) is 0 Å². The minimum absolute atomic E-state index is 0.110. The van der Waals surface area contributed by atoms with Crippen molar-refractivity contribution in [1.29, 1.82) is 0 Å². The Morgan fingerprint density at radius 2 is 1.76 bits per heavy atom. The van der Waals surface area contributed by atoms with E-state index in [9.17, 15) is 14.4 Å². The molecule has 1 saturated carbocycles. The van der Waals surface area contributed by atoms with Gasteiger partial charge in [-0.05, 0) is 49.9 Å². The van der Waals surface area contributed by atoms with Crippen molar-refractivity contribution in [1.82, 2.24) is 15.1 Å². The minimum Gasteiger partial charge on any atom is -0.341 e. The number of hydrogen-bond donors (Lipinski definition) is 1. The first-order chi connectivity index (χ1) is 11.8. The second-order valence-electron chi connectivity index (χ2n) is 8.50. The van der Waals surface area contributed by atoms with Crippen LogP contribution in [0.15, 0.2) is 0 Å². The fraction of sp³-hybridized carbons (Fsp3) is 0.842. The molecule has 0 aromatic rings. The smallest absolute Gasteiger partial charge is 0.325 e. The highest BCUT2D eigenvalue weighted by atomic mass is 16.2. The monoisotopic (exact) mass is 349 g/mol. The van der Waals surface area contributed by atoms with Gasteiger partial charge < -0.3 is 10.2 Å². The van der Waals surface area contributed by atoms with Crippen LogP contribution >= 0.6 is 0 Å². The van der Waals surface area contributed by atoms with Crippen molar-refractivity contribution in [3.8, 4) is 0 Å². The molecule has 0 aromatic carbocycles. The maximum atomic E-state index is 12.9. The fourth-order valence-electron chi connectivity index (χ4n) is 4.84. The predicted molar refractivity (Wildman–Crippen MR) is 94.7 cm³/mol. The van der Waals surface area contributed by atoms with Crippen LogP contribution in [0.3, 0.4) is 0 Å². The van der Waals surface area contributed by atoms with E-state index in [-0.39, 0.29) is 18.4 Å². The number of rotatable bonds is 3. The van der Waals surface area contributed by atoms with E-state index in [0.717, 1.165) is 43.7 Å². The largest absolute Gasteiger partial charge is 0.341 e. The molecule has 140 valence electrons. The standard InChI is InChI=1S/C19H31N3O3/c1-4-15-5-7-19(8-6-15)17(24)22(18(25)20-19)12-16(23)21-10-13(2)9-14(3)11-21/h13-15H,4-12H2,1-3H3,(H,20,25). The maximum Gasteiger partial charge on any atom is 0.325 e. The maximum absolute atomic E-state index is 12.9. The van der Waals surface area contributed by atoms with Crippen LogP contribution in [0.1, 0.15) is 59.3 Å². The third kappa shape index (κ3) is 3.53. The number of hydrogen-bond acceptors (Lipinski definition) is 3. The average Bonchev–Trinajstić information content (AvgIpc) is 2.79. The van der Waals surface area contributed by atoms with Crippen LogP contribution in [0.5, 0.6) is 0 Å². The first-order valence-corrected chi connectivity index (χ1v) is 9.76. The minimum atomic E-state index is -0.758. The molecule has 6 heteroatoms. The van der Waals surface area contributed by atoms with Gasteiger partial charge >= 0.3 is 6.03 Å². The summed E-state index contributed by atoms with van der Waals surface area (Å²) in [5, 5.41) is 2.91. The van der Waals surface area contributed by atoms with Crippen molar-refractivity contribution < 1.29 is 14.4 Å². The summed E-state index contributed by atoms with van der Waals surface area (Å²) >= 11 is 0. The Labute approximate surface area is 150 Å². The van der Waals surface area contributed by atoms with Gasteiger partial charge in [0.25, 0.3) is 5.91 Å². The predicted octanol–water partition coefficient (Wildman–Crippen LogP) is 2.38. The molecule has 1 N–H and O–H groups in total. The van der Waals surface area contributed by atoms with Crippen molar-refractivity contribution in [2.75, 3.05) is 19.6 Å². The van der Waals surface area contributed by atoms with E-state index < -0.39 is 11.6 Å². The van der Waals surface area contributed by atoms with Crippen molar-refractivity contribution >= 4 is 17.8 Å². The molecule has 0 bridgehead atoms. The lowest BCUT2D eigenvalue weighted by molar-refractivity contribution is -0.141. The number of nitrogens with one attached hydrogen (secondary N) is 1. The van der Waals surface area contributed by atoms with Crippen LogP contribution in [-0.4, -0.2) is 52.8 Å². The SMILES string of the molecule is CCC1CCC2(CC1)NC(=O)N(CC(=O)N1CC(C)CC(C)C1)C2=O. The molecule has 3 aliphatic rings. The summed E-state index contributed by atoms with van der Waals surface area (Å²) in [6.45, 7) is 7.77. The first kappa shape index (κ1) is 18.2. The Bertz CT molecular complexity index is 544. The molecule has 25 heavy (non-hydrogen) atoms. The number of amides is 4. The summed E-state index contributed by atoms with van der Waals surface area (Å²) in [7, 11) is 0. The second kappa shape index (κ2) is 6.96. The van der Waals surface area contributed by atoms with E-state index in [4.69, 9.17) is 0 Å². The molecule has 3 fully saturated rings. The molecule has 6 nitrogen and oxygen atoms in total. The van der Waals surface area contributed by atoms with E-state index in [2.05, 4.69) is 26.1 Å². The lowest BCUT2D eigenvalue weighted by atomic mass is 9.75. The second-order valence-corrected chi connectivity index (χ2v) is 8.50. The summed E-state index contributed by atoms with van der Waals surface area (Å²) in [6, 6.07) is -0.397. The van der Waals surface area contributed by atoms with Crippen LogP contribution in [-0.2, 0) is 9.59 Å². The van der Waals surface area contributed by atoms with Gasteiger partial charge in [-0.3, -0.25) is 14.5 Å². The third-order valence-corrected chi connectivity index (χ3v) is 6.30. The average molecular weight is 349 g/mol. The number of piperidine rings is 1. The summed E-state index contributed by atoms with van der Waals surface area (Å²) in [5.41, 5.74) is -0.758. The molecule has 2 aliphatic heterocycles. The Balaban J connectivity index is 1.64. The van der Waals surface area contributed by atoms with Crippen LogP contribution in [0.2, 0.25) is 0 Å². The summed E-state index contributed by atoms with van der Waals surface area (Å²) in [4.78, 5) is 40.9. The first-order valence-electron chi connectivity index (χ1n) is 9.76. The zero-order valence-electron chi connectivity index (χ0n) is 15.7. The van der Waals surface area contributed by atoms with Gasteiger partial charge in [0.15, 0.2) is 0 Å². The Morgan fingerprint density at radius 3 is 2.32 bits per heavy atom. The van der Waals surface area contributed by atoms with E-state index >= 15 is 0 Å². The van der Waals surface area contributed by atoms with Crippen LogP contribution in [0, 0.1) is 17.8 Å². The third-order valence-electron chi connectivity index (χ3n) is 6.30. The number of nitrogens with zero attached hydrogens (tertiary/aromatic N) is 2. The number of carbonyl (C=O) groups is 3. The topological polar surface area (TPSA) is 69.7 Å². The molecule has 2 heterocycles. The molecular formula is C19H31N3O3. The van der Waals surface area contributed by atoms with Crippen molar-refractivity contribution in [3.63, 3.8) is 0 Å². The van der Waals surface area contributed by atoms with Gasteiger partial charge in [-0.1, -0.05) is 27.2 Å². The quantitative estimate of drug-likeness (QED) is 0.795. The van der Waals surface area contributed by atoms with Gasteiger partial charge in [-0.15, -0.1) is 0 Å². The number of likely N-dealkylation sites (tertiary alicyclic amines) is 1. The molecule has 4 amide bonds. The number of imide groups is 1.